The van der Waals surface area contributed by atoms with E-state index in [0.29, 0.717) is 19.5 Å². The molecular weight excluding hydrogens is 266 g/mol. The summed E-state index contributed by atoms with van der Waals surface area (Å²) in [6, 6.07) is 8.30. The largest absolute Gasteiger partial charge is 0.392 e. The molecule has 1 aromatic rings. The van der Waals surface area contributed by atoms with Gasteiger partial charge in [-0.1, -0.05) is 18.2 Å². The summed E-state index contributed by atoms with van der Waals surface area (Å²) in [5.41, 5.74) is 2.76. The van der Waals surface area contributed by atoms with Gasteiger partial charge in [0.05, 0.1) is 12.1 Å². The minimum Gasteiger partial charge on any atom is -0.392 e. The number of fused-ring (bicyclic) bond motifs is 1. The van der Waals surface area contributed by atoms with Crippen molar-refractivity contribution in [3.63, 3.8) is 0 Å². The molecule has 2 atom stereocenters. The molecular formula is C16H23N3O2. The molecule has 0 spiro atoms. The zero-order valence-electron chi connectivity index (χ0n) is 12.2. The van der Waals surface area contributed by atoms with E-state index < -0.39 is 0 Å². The Labute approximate surface area is 125 Å². The van der Waals surface area contributed by atoms with E-state index in [4.69, 9.17) is 0 Å². The predicted octanol–water partition coefficient (Wildman–Crippen LogP) is 0.278. The summed E-state index contributed by atoms with van der Waals surface area (Å²) in [6.07, 6.45) is 2.19. The normalized spacial score (nSPS) is 24.1. The van der Waals surface area contributed by atoms with Gasteiger partial charge in [-0.15, -0.1) is 0 Å². The molecule has 114 valence electrons. The van der Waals surface area contributed by atoms with Crippen LogP contribution in [0, 0.1) is 0 Å². The van der Waals surface area contributed by atoms with Crippen LogP contribution in [0.2, 0.25) is 0 Å². The van der Waals surface area contributed by atoms with E-state index in [1.165, 1.54) is 11.3 Å². The van der Waals surface area contributed by atoms with Crippen LogP contribution in [-0.4, -0.2) is 49.3 Å². The summed E-state index contributed by atoms with van der Waals surface area (Å²) >= 11 is 0. The number of carbonyl (C=O) groups is 1. The zero-order chi connectivity index (χ0) is 14.7. The Balaban J connectivity index is 1.38. The molecule has 1 saturated heterocycles. The lowest BCUT2D eigenvalue weighted by Crippen LogP contribution is -2.41. The van der Waals surface area contributed by atoms with Crippen LogP contribution in [0.4, 0.5) is 5.69 Å². The maximum Gasteiger partial charge on any atom is 0.237 e. The van der Waals surface area contributed by atoms with Gasteiger partial charge in [0.25, 0.3) is 0 Å². The number of carbonyl (C=O) groups excluding carboxylic acids is 1. The Morgan fingerprint density at radius 3 is 3.10 bits per heavy atom. The van der Waals surface area contributed by atoms with Crippen LogP contribution >= 0.6 is 0 Å². The molecule has 21 heavy (non-hydrogen) atoms. The average Bonchev–Trinajstić information content (AvgIpc) is 3.10. The Morgan fingerprint density at radius 1 is 1.43 bits per heavy atom. The lowest BCUT2D eigenvalue weighted by Gasteiger charge is -2.19. The van der Waals surface area contributed by atoms with Crippen molar-refractivity contribution in [2.24, 2.45) is 0 Å². The average molecular weight is 289 g/mol. The van der Waals surface area contributed by atoms with E-state index in [1.54, 1.807) is 0 Å². The molecule has 0 unspecified atom stereocenters. The first-order valence-electron chi connectivity index (χ1n) is 7.76. The van der Waals surface area contributed by atoms with Gasteiger partial charge in [0.15, 0.2) is 0 Å². The molecule has 0 aliphatic carbocycles. The van der Waals surface area contributed by atoms with E-state index in [0.717, 1.165) is 25.9 Å². The lowest BCUT2D eigenvalue weighted by atomic mass is 10.2. The van der Waals surface area contributed by atoms with Gasteiger partial charge < -0.3 is 20.6 Å². The van der Waals surface area contributed by atoms with Crippen molar-refractivity contribution in [3.05, 3.63) is 29.8 Å². The summed E-state index contributed by atoms with van der Waals surface area (Å²) < 4.78 is 0. The monoisotopic (exact) mass is 289 g/mol. The Bertz CT molecular complexity index is 506. The third-order valence-electron chi connectivity index (χ3n) is 4.31. The molecule has 5 heteroatoms. The Morgan fingerprint density at radius 2 is 2.29 bits per heavy atom. The quantitative estimate of drug-likeness (QED) is 0.681. The van der Waals surface area contributed by atoms with Gasteiger partial charge in [0.2, 0.25) is 5.91 Å². The third-order valence-corrected chi connectivity index (χ3v) is 4.31. The van der Waals surface area contributed by atoms with Crippen LogP contribution in [-0.2, 0) is 11.2 Å². The molecule has 0 saturated carbocycles. The highest BCUT2D eigenvalue weighted by atomic mass is 16.3. The third kappa shape index (κ3) is 3.36. The highest BCUT2D eigenvalue weighted by molar-refractivity contribution is 5.82. The lowest BCUT2D eigenvalue weighted by molar-refractivity contribution is -0.122. The number of benzene rings is 1. The smallest absolute Gasteiger partial charge is 0.237 e. The SMILES string of the molecule is O=C(NCCCN1CCc2ccccc21)[C@@H]1C[C@H](O)CN1. The number of β-amino-alcohol motifs (C(OH)–C–C–N with tert-alkyl or cyclic N) is 1. The van der Waals surface area contributed by atoms with Crippen molar-refractivity contribution in [1.82, 2.24) is 10.6 Å². The fourth-order valence-electron chi connectivity index (χ4n) is 3.16. The van der Waals surface area contributed by atoms with Crippen LogP contribution in [0.3, 0.4) is 0 Å². The summed E-state index contributed by atoms with van der Waals surface area (Å²) in [6.45, 7) is 3.25. The maximum atomic E-state index is 11.9. The van der Waals surface area contributed by atoms with E-state index in [-0.39, 0.29) is 18.1 Å². The highest BCUT2D eigenvalue weighted by Crippen LogP contribution is 2.27. The number of nitrogens with zero attached hydrogens (tertiary/aromatic N) is 1. The van der Waals surface area contributed by atoms with Crippen LogP contribution in [0.25, 0.3) is 0 Å². The fourth-order valence-corrected chi connectivity index (χ4v) is 3.16. The Kier molecular flexibility index (Phi) is 4.41. The Hall–Kier alpha value is -1.59. The van der Waals surface area contributed by atoms with Crippen molar-refractivity contribution in [2.45, 2.75) is 31.4 Å². The van der Waals surface area contributed by atoms with Crippen LogP contribution < -0.4 is 15.5 Å². The second-order valence-corrected chi connectivity index (χ2v) is 5.86. The van der Waals surface area contributed by atoms with E-state index in [2.05, 4.69) is 39.8 Å². The van der Waals surface area contributed by atoms with Crippen LogP contribution in [0.15, 0.2) is 24.3 Å². The number of anilines is 1. The van der Waals surface area contributed by atoms with Gasteiger partial charge in [0.1, 0.15) is 0 Å². The first-order chi connectivity index (χ1) is 10.2. The van der Waals surface area contributed by atoms with Gasteiger partial charge >= 0.3 is 0 Å². The van der Waals surface area contributed by atoms with Crippen LogP contribution in [0.1, 0.15) is 18.4 Å². The molecule has 1 aromatic carbocycles. The fraction of sp³-hybridized carbons (Fsp3) is 0.562. The predicted molar refractivity (Wildman–Crippen MR) is 82.4 cm³/mol. The molecule has 0 bridgehead atoms. The molecule has 2 heterocycles. The molecule has 2 aliphatic heterocycles. The number of nitrogens with one attached hydrogen (secondary N) is 2. The first kappa shape index (κ1) is 14.4. The van der Waals surface area contributed by atoms with Crippen molar-refractivity contribution in [3.8, 4) is 0 Å². The summed E-state index contributed by atoms with van der Waals surface area (Å²) in [5, 5.41) is 15.4. The molecule has 5 nitrogen and oxygen atoms in total. The van der Waals surface area contributed by atoms with Crippen molar-refractivity contribution in [2.75, 3.05) is 31.1 Å². The van der Waals surface area contributed by atoms with Crippen molar-refractivity contribution >= 4 is 11.6 Å². The second kappa shape index (κ2) is 6.45. The van der Waals surface area contributed by atoms with Gasteiger partial charge in [0, 0.05) is 31.9 Å². The number of hydrogen-bond donors (Lipinski definition) is 3. The van der Waals surface area contributed by atoms with Crippen molar-refractivity contribution in [1.29, 1.82) is 0 Å². The second-order valence-electron chi connectivity index (χ2n) is 5.86. The van der Waals surface area contributed by atoms with E-state index in [1.807, 2.05) is 0 Å². The highest BCUT2D eigenvalue weighted by Gasteiger charge is 2.27. The van der Waals surface area contributed by atoms with Gasteiger partial charge in [-0.3, -0.25) is 4.79 Å². The number of hydrogen-bond acceptors (Lipinski definition) is 4. The number of aliphatic hydroxyl groups is 1. The summed E-state index contributed by atoms with van der Waals surface area (Å²) in [4.78, 5) is 14.3. The zero-order valence-corrected chi connectivity index (χ0v) is 12.2. The molecule has 0 aromatic heterocycles. The maximum absolute atomic E-state index is 11.9. The number of amides is 1. The molecule has 1 fully saturated rings. The number of rotatable bonds is 5. The van der Waals surface area contributed by atoms with Gasteiger partial charge in [-0.05, 0) is 30.9 Å². The van der Waals surface area contributed by atoms with Crippen molar-refractivity contribution < 1.29 is 9.90 Å². The summed E-state index contributed by atoms with van der Waals surface area (Å²) in [5.74, 6) is 0.00775. The number of para-hydroxylation sites is 1. The van der Waals surface area contributed by atoms with E-state index in [9.17, 15) is 9.90 Å². The standard InChI is InChI=1S/C16H23N3O2/c20-13-10-14(18-11-13)16(21)17-7-3-8-19-9-6-12-4-1-2-5-15(12)19/h1-2,4-5,13-14,18,20H,3,6-11H2,(H,17,21)/t13-,14-/m0/s1. The van der Waals surface area contributed by atoms with Crippen LogP contribution in [0.5, 0.6) is 0 Å². The molecule has 2 aliphatic rings. The number of aliphatic hydroxyl groups excluding tert-OH is 1. The molecule has 1 amide bonds. The summed E-state index contributed by atoms with van der Waals surface area (Å²) in [7, 11) is 0. The molecule has 3 N–H and O–H groups in total. The topological polar surface area (TPSA) is 64.6 Å². The molecule has 0 radical (unpaired) electrons. The minimum atomic E-state index is -0.387. The minimum absolute atomic E-state index is 0.00775. The van der Waals surface area contributed by atoms with E-state index >= 15 is 0 Å². The first-order valence-corrected chi connectivity index (χ1v) is 7.76. The molecule has 3 rings (SSSR count). The van der Waals surface area contributed by atoms with Gasteiger partial charge in [-0.2, -0.15) is 0 Å². The van der Waals surface area contributed by atoms with Gasteiger partial charge in [-0.25, -0.2) is 0 Å².